The van der Waals surface area contributed by atoms with Crippen LogP contribution >= 0.6 is 0 Å². The van der Waals surface area contributed by atoms with Gasteiger partial charge in [-0.1, -0.05) is 25.1 Å². The Labute approximate surface area is 106 Å². The van der Waals surface area contributed by atoms with Crippen LogP contribution in [0.15, 0.2) is 17.2 Å². The maximum atomic E-state index is 11.5. The van der Waals surface area contributed by atoms with Crippen molar-refractivity contribution in [2.75, 3.05) is 6.61 Å². The summed E-state index contributed by atoms with van der Waals surface area (Å²) in [6.45, 7) is 9.27. The number of carbonyl (C=O) groups excluding carboxylic acids is 1. The number of ether oxygens (including phenoxy) is 2. The van der Waals surface area contributed by atoms with Crippen molar-refractivity contribution in [3.05, 3.63) is 24.4 Å². The fourth-order valence-corrected chi connectivity index (χ4v) is 1.09. The van der Waals surface area contributed by atoms with Crippen molar-refractivity contribution >= 4 is 5.97 Å². The molecule has 0 fully saturated rings. The minimum Gasteiger partial charge on any atom is -0.455 e. The zero-order valence-electron chi connectivity index (χ0n) is 10.9. The van der Waals surface area contributed by atoms with Gasteiger partial charge in [0.05, 0.1) is 6.61 Å². The summed E-state index contributed by atoms with van der Waals surface area (Å²) < 4.78 is 15.1. The van der Waals surface area contributed by atoms with Gasteiger partial charge in [0.1, 0.15) is 0 Å². The van der Waals surface area contributed by atoms with Crippen molar-refractivity contribution in [2.45, 2.75) is 39.4 Å². The molecule has 1 heterocycles. The number of nitrogens with zero attached hydrogens (tertiary/aromatic N) is 2. The Hall–Kier alpha value is -1.69. The van der Waals surface area contributed by atoms with Gasteiger partial charge in [0, 0.05) is 5.92 Å². The first-order valence-corrected chi connectivity index (χ1v) is 5.76. The largest absolute Gasteiger partial charge is 0.455 e. The molecule has 0 aromatic carbocycles. The normalized spacial score (nSPS) is 12.4. The van der Waals surface area contributed by atoms with Crippen molar-refractivity contribution < 1.29 is 18.8 Å². The minimum atomic E-state index is -0.639. The monoisotopic (exact) mass is 254 g/mol. The molecule has 0 saturated carbocycles. The highest BCUT2D eigenvalue weighted by Crippen LogP contribution is 2.11. The van der Waals surface area contributed by atoms with E-state index in [1.807, 2.05) is 13.8 Å². The molecule has 1 rings (SSSR count). The Morgan fingerprint density at radius 1 is 1.50 bits per heavy atom. The molecule has 0 aliphatic rings. The molecule has 0 amide bonds. The van der Waals surface area contributed by atoms with Gasteiger partial charge in [0.25, 0.3) is 0 Å². The van der Waals surface area contributed by atoms with Gasteiger partial charge >= 0.3 is 5.97 Å². The first-order chi connectivity index (χ1) is 8.54. The lowest BCUT2D eigenvalue weighted by Crippen LogP contribution is -2.23. The van der Waals surface area contributed by atoms with Gasteiger partial charge in [-0.15, -0.1) is 6.58 Å². The van der Waals surface area contributed by atoms with Gasteiger partial charge in [-0.3, -0.25) is 0 Å². The van der Waals surface area contributed by atoms with E-state index in [1.165, 1.54) is 0 Å². The summed E-state index contributed by atoms with van der Waals surface area (Å²) in [6, 6.07) is 0. The van der Waals surface area contributed by atoms with Crippen LogP contribution in [0.25, 0.3) is 0 Å². The fraction of sp³-hybridized carbons (Fsp3) is 0.583. The van der Waals surface area contributed by atoms with Gasteiger partial charge in [-0.25, -0.2) is 4.79 Å². The molecule has 100 valence electrons. The molecule has 6 heteroatoms. The first kappa shape index (κ1) is 14.4. The smallest absolute Gasteiger partial charge is 0.335 e. The first-order valence-electron chi connectivity index (χ1n) is 5.76. The Balaban J connectivity index is 2.39. The molecule has 0 N–H and O–H groups in total. The molecular weight excluding hydrogens is 236 g/mol. The van der Waals surface area contributed by atoms with Crippen LogP contribution in [0.4, 0.5) is 0 Å². The van der Waals surface area contributed by atoms with Crippen LogP contribution in [0.2, 0.25) is 0 Å². The summed E-state index contributed by atoms with van der Waals surface area (Å²) in [6.07, 6.45) is 0.928. The van der Waals surface area contributed by atoms with Crippen molar-refractivity contribution in [2.24, 2.45) is 0 Å². The number of esters is 1. The van der Waals surface area contributed by atoms with Crippen LogP contribution < -0.4 is 0 Å². The highest BCUT2D eigenvalue weighted by molar-refractivity contribution is 5.74. The van der Waals surface area contributed by atoms with Gasteiger partial charge in [0.2, 0.25) is 11.7 Å². The standard InChI is InChI=1S/C12H18N2O4/c1-5-6-16-9(4)12(15)17-7-10-13-11(8(2)3)18-14-10/h5,8-9H,1,6-7H2,2-4H3. The number of hydrogen-bond acceptors (Lipinski definition) is 6. The molecule has 0 bridgehead atoms. The zero-order chi connectivity index (χ0) is 13.5. The van der Waals surface area contributed by atoms with Crippen LogP contribution in [0.5, 0.6) is 0 Å². The summed E-state index contributed by atoms with van der Waals surface area (Å²) in [5.74, 6) is 0.560. The molecular formula is C12H18N2O4. The molecule has 1 aromatic heterocycles. The van der Waals surface area contributed by atoms with Crippen molar-refractivity contribution in [1.29, 1.82) is 0 Å². The van der Waals surface area contributed by atoms with Gasteiger partial charge < -0.3 is 14.0 Å². The van der Waals surface area contributed by atoms with E-state index in [2.05, 4.69) is 16.7 Å². The summed E-state index contributed by atoms with van der Waals surface area (Å²) in [5, 5.41) is 3.71. The number of carbonyl (C=O) groups is 1. The van der Waals surface area contributed by atoms with E-state index in [4.69, 9.17) is 14.0 Å². The Bertz CT molecular complexity index is 401. The Morgan fingerprint density at radius 2 is 2.22 bits per heavy atom. The van der Waals surface area contributed by atoms with Crippen LogP contribution in [0.3, 0.4) is 0 Å². The number of rotatable bonds is 7. The highest BCUT2D eigenvalue weighted by Gasteiger charge is 2.16. The molecule has 1 atom stereocenters. The predicted molar refractivity (Wildman–Crippen MR) is 63.8 cm³/mol. The molecule has 0 aliphatic heterocycles. The number of aromatic nitrogens is 2. The Kier molecular flexibility index (Phi) is 5.51. The lowest BCUT2D eigenvalue weighted by Gasteiger charge is -2.09. The molecule has 1 unspecified atom stereocenters. The van der Waals surface area contributed by atoms with E-state index < -0.39 is 12.1 Å². The van der Waals surface area contributed by atoms with Crippen molar-refractivity contribution in [3.63, 3.8) is 0 Å². The maximum absolute atomic E-state index is 11.5. The third-order valence-electron chi connectivity index (χ3n) is 2.12. The predicted octanol–water partition coefficient (Wildman–Crippen LogP) is 1.83. The summed E-state index contributed by atoms with van der Waals surface area (Å²) in [5.41, 5.74) is 0. The second-order valence-corrected chi connectivity index (χ2v) is 4.08. The lowest BCUT2D eigenvalue weighted by molar-refractivity contribution is -0.156. The van der Waals surface area contributed by atoms with E-state index in [0.717, 1.165) is 0 Å². The molecule has 0 radical (unpaired) electrons. The van der Waals surface area contributed by atoms with Gasteiger partial charge in [0.15, 0.2) is 12.7 Å². The quantitative estimate of drug-likeness (QED) is 0.546. The van der Waals surface area contributed by atoms with Crippen molar-refractivity contribution in [3.8, 4) is 0 Å². The summed E-state index contributed by atoms with van der Waals surface area (Å²) in [4.78, 5) is 15.6. The second kappa shape index (κ2) is 6.90. The minimum absolute atomic E-state index is 0.0170. The highest BCUT2D eigenvalue weighted by atomic mass is 16.6. The Morgan fingerprint density at radius 3 is 2.78 bits per heavy atom. The van der Waals surface area contributed by atoms with E-state index >= 15 is 0 Å². The van der Waals surface area contributed by atoms with Crippen molar-refractivity contribution in [1.82, 2.24) is 10.1 Å². The van der Waals surface area contributed by atoms with E-state index in [9.17, 15) is 4.79 Å². The average molecular weight is 254 g/mol. The van der Waals surface area contributed by atoms with Crippen LogP contribution in [0.1, 0.15) is 38.4 Å². The van der Waals surface area contributed by atoms with Crippen LogP contribution in [-0.2, 0) is 20.9 Å². The molecule has 6 nitrogen and oxygen atoms in total. The van der Waals surface area contributed by atoms with E-state index in [1.54, 1.807) is 13.0 Å². The van der Waals surface area contributed by atoms with Crippen LogP contribution in [0, 0.1) is 0 Å². The third kappa shape index (κ3) is 4.29. The molecule has 0 spiro atoms. The molecule has 0 saturated heterocycles. The molecule has 18 heavy (non-hydrogen) atoms. The van der Waals surface area contributed by atoms with Gasteiger partial charge in [-0.2, -0.15) is 4.98 Å². The summed E-state index contributed by atoms with van der Waals surface area (Å²) >= 11 is 0. The van der Waals surface area contributed by atoms with E-state index in [0.29, 0.717) is 18.3 Å². The van der Waals surface area contributed by atoms with Crippen LogP contribution in [-0.4, -0.2) is 28.8 Å². The zero-order valence-corrected chi connectivity index (χ0v) is 10.9. The molecule has 0 aliphatic carbocycles. The SMILES string of the molecule is C=CCOC(C)C(=O)OCc1noc(C(C)C)n1. The average Bonchev–Trinajstić information content (AvgIpc) is 2.81. The third-order valence-corrected chi connectivity index (χ3v) is 2.12. The second-order valence-electron chi connectivity index (χ2n) is 4.08. The summed E-state index contributed by atoms with van der Waals surface area (Å²) in [7, 11) is 0. The lowest BCUT2D eigenvalue weighted by atomic mass is 10.2. The van der Waals surface area contributed by atoms with E-state index in [-0.39, 0.29) is 12.5 Å². The number of hydrogen-bond donors (Lipinski definition) is 0. The topological polar surface area (TPSA) is 74.5 Å². The van der Waals surface area contributed by atoms with Gasteiger partial charge in [-0.05, 0) is 6.92 Å². The fourth-order valence-electron chi connectivity index (χ4n) is 1.09. The molecule has 1 aromatic rings. The maximum Gasteiger partial charge on any atom is 0.335 e.